The van der Waals surface area contributed by atoms with Crippen molar-refractivity contribution in [1.82, 2.24) is 5.01 Å². The Morgan fingerprint density at radius 2 is 1.08 bits per heavy atom. The minimum atomic E-state index is 0.716. The van der Waals surface area contributed by atoms with Crippen LogP contribution in [0.2, 0.25) is 0 Å². The highest BCUT2D eigenvalue weighted by Crippen LogP contribution is 2.28. The molecule has 2 saturated carbocycles. The molecule has 2 aliphatic rings. The molecule has 0 saturated heterocycles. The largest absolute Gasteiger partial charge is 0.268 e. The van der Waals surface area contributed by atoms with Crippen molar-refractivity contribution in [1.29, 1.82) is 0 Å². The van der Waals surface area contributed by atoms with Gasteiger partial charge in [-0.15, -0.1) is 0 Å². The smallest absolute Gasteiger partial charge is 0.0244 e. The molecule has 0 atom stereocenters. The van der Waals surface area contributed by atoms with E-state index in [1.807, 2.05) is 0 Å². The molecule has 0 aromatic rings. The van der Waals surface area contributed by atoms with Crippen LogP contribution in [-0.4, -0.2) is 17.1 Å². The highest BCUT2D eigenvalue weighted by molar-refractivity contribution is 4.82. The third-order valence-electron chi connectivity index (χ3n) is 3.49. The minimum absolute atomic E-state index is 0.716. The van der Waals surface area contributed by atoms with Crippen molar-refractivity contribution in [2.24, 2.45) is 5.84 Å². The van der Waals surface area contributed by atoms with Crippen LogP contribution in [0.3, 0.4) is 0 Å². The maximum Gasteiger partial charge on any atom is 0.0244 e. The van der Waals surface area contributed by atoms with Crippen LogP contribution in [0.5, 0.6) is 0 Å². The Morgan fingerprint density at radius 1 is 0.750 bits per heavy atom. The summed E-state index contributed by atoms with van der Waals surface area (Å²) in [5, 5.41) is 2.18. The lowest BCUT2D eigenvalue weighted by Crippen LogP contribution is -2.45. The Labute approximate surface area is 75.1 Å². The molecule has 0 amide bonds. The van der Waals surface area contributed by atoms with Crippen molar-refractivity contribution in [2.75, 3.05) is 0 Å². The highest BCUT2D eigenvalue weighted by Gasteiger charge is 2.27. The topological polar surface area (TPSA) is 29.3 Å². The summed E-state index contributed by atoms with van der Waals surface area (Å²) in [7, 11) is 0. The molecule has 2 nitrogen and oxygen atoms in total. The molecular weight excluding hydrogens is 148 g/mol. The Morgan fingerprint density at radius 3 is 1.42 bits per heavy atom. The normalized spacial score (nSPS) is 27.5. The van der Waals surface area contributed by atoms with Crippen LogP contribution >= 0.6 is 0 Å². The van der Waals surface area contributed by atoms with Crippen molar-refractivity contribution < 1.29 is 0 Å². The van der Waals surface area contributed by atoms with Crippen molar-refractivity contribution in [3.63, 3.8) is 0 Å². The second kappa shape index (κ2) is 3.75. The van der Waals surface area contributed by atoms with Gasteiger partial charge in [-0.25, -0.2) is 5.01 Å². The van der Waals surface area contributed by atoms with Gasteiger partial charge in [-0.3, -0.25) is 5.84 Å². The van der Waals surface area contributed by atoms with Gasteiger partial charge in [0.1, 0.15) is 0 Å². The zero-order chi connectivity index (χ0) is 8.39. The summed E-state index contributed by atoms with van der Waals surface area (Å²) in [5.41, 5.74) is 0. The molecule has 2 rings (SSSR count). The first-order valence-corrected chi connectivity index (χ1v) is 5.41. The zero-order valence-corrected chi connectivity index (χ0v) is 7.84. The average Bonchev–Trinajstić information content (AvgIpc) is 2.77. The SMILES string of the molecule is NN(C1CCCC1)C1CCCC1. The third-order valence-corrected chi connectivity index (χ3v) is 3.49. The number of nitrogens with two attached hydrogens (primary N) is 1. The summed E-state index contributed by atoms with van der Waals surface area (Å²) >= 11 is 0. The van der Waals surface area contributed by atoms with Crippen molar-refractivity contribution in [3.05, 3.63) is 0 Å². The van der Waals surface area contributed by atoms with Crippen LogP contribution in [-0.2, 0) is 0 Å². The maximum absolute atomic E-state index is 6.12. The van der Waals surface area contributed by atoms with Crippen LogP contribution in [0, 0.1) is 0 Å². The van der Waals surface area contributed by atoms with E-state index in [0.29, 0.717) is 12.1 Å². The molecule has 0 spiro atoms. The predicted molar refractivity (Wildman–Crippen MR) is 50.5 cm³/mol. The first-order valence-electron chi connectivity index (χ1n) is 5.41. The van der Waals surface area contributed by atoms with Crippen molar-refractivity contribution >= 4 is 0 Å². The zero-order valence-electron chi connectivity index (χ0n) is 7.84. The van der Waals surface area contributed by atoms with E-state index in [4.69, 9.17) is 5.84 Å². The lowest BCUT2D eigenvalue weighted by Gasteiger charge is -2.29. The van der Waals surface area contributed by atoms with Gasteiger partial charge in [0.05, 0.1) is 0 Å². The molecule has 2 heteroatoms. The molecule has 0 bridgehead atoms. The van der Waals surface area contributed by atoms with E-state index in [0.717, 1.165) is 0 Å². The van der Waals surface area contributed by atoms with Gasteiger partial charge < -0.3 is 0 Å². The van der Waals surface area contributed by atoms with E-state index in [9.17, 15) is 0 Å². The summed E-state index contributed by atoms with van der Waals surface area (Å²) in [5.74, 6) is 6.12. The van der Waals surface area contributed by atoms with Gasteiger partial charge in [-0.1, -0.05) is 25.7 Å². The van der Waals surface area contributed by atoms with Crippen molar-refractivity contribution in [2.45, 2.75) is 63.5 Å². The van der Waals surface area contributed by atoms with Crippen LogP contribution in [0.15, 0.2) is 0 Å². The molecule has 2 fully saturated rings. The van der Waals surface area contributed by atoms with Gasteiger partial charge in [0.25, 0.3) is 0 Å². The molecule has 2 aliphatic carbocycles. The Balaban J connectivity index is 1.84. The van der Waals surface area contributed by atoms with Crippen LogP contribution in [0.4, 0.5) is 0 Å². The van der Waals surface area contributed by atoms with E-state index in [1.165, 1.54) is 51.4 Å². The van der Waals surface area contributed by atoms with Gasteiger partial charge in [0.15, 0.2) is 0 Å². The summed E-state index contributed by atoms with van der Waals surface area (Å²) in [6.45, 7) is 0. The second-order valence-electron chi connectivity index (χ2n) is 4.32. The van der Waals surface area contributed by atoms with Crippen molar-refractivity contribution in [3.8, 4) is 0 Å². The Kier molecular flexibility index (Phi) is 2.66. The lowest BCUT2D eigenvalue weighted by atomic mass is 10.1. The van der Waals surface area contributed by atoms with Gasteiger partial charge in [-0.05, 0) is 25.7 Å². The fourth-order valence-electron chi connectivity index (χ4n) is 2.70. The summed E-state index contributed by atoms with van der Waals surface area (Å²) in [6.07, 6.45) is 10.9. The van der Waals surface area contributed by atoms with Gasteiger partial charge in [0.2, 0.25) is 0 Å². The number of rotatable bonds is 2. The molecule has 0 aromatic heterocycles. The van der Waals surface area contributed by atoms with E-state index in [1.54, 1.807) is 0 Å². The van der Waals surface area contributed by atoms with E-state index < -0.39 is 0 Å². The van der Waals surface area contributed by atoms with Gasteiger partial charge in [-0.2, -0.15) is 0 Å². The van der Waals surface area contributed by atoms with Gasteiger partial charge >= 0.3 is 0 Å². The molecule has 0 heterocycles. The quantitative estimate of drug-likeness (QED) is 0.505. The molecule has 0 aromatic carbocycles. The first-order chi connectivity index (χ1) is 5.88. The molecule has 0 unspecified atom stereocenters. The summed E-state index contributed by atoms with van der Waals surface area (Å²) in [6, 6.07) is 1.43. The maximum atomic E-state index is 6.12. The number of hydrogen-bond acceptors (Lipinski definition) is 2. The lowest BCUT2D eigenvalue weighted by molar-refractivity contribution is 0.139. The van der Waals surface area contributed by atoms with Gasteiger partial charge in [0, 0.05) is 12.1 Å². The van der Waals surface area contributed by atoms with Crippen LogP contribution in [0.1, 0.15) is 51.4 Å². The highest BCUT2D eigenvalue weighted by atomic mass is 15.4. The molecule has 0 radical (unpaired) electrons. The predicted octanol–water partition coefficient (Wildman–Crippen LogP) is 2.05. The first kappa shape index (κ1) is 8.52. The van der Waals surface area contributed by atoms with E-state index >= 15 is 0 Å². The van der Waals surface area contributed by atoms with Crippen LogP contribution < -0.4 is 5.84 Å². The monoisotopic (exact) mass is 168 g/mol. The molecule has 2 N–H and O–H groups in total. The number of nitrogens with zero attached hydrogens (tertiary/aromatic N) is 1. The third kappa shape index (κ3) is 1.64. The standard InChI is InChI=1S/C10H20N2/c11-12(9-5-1-2-6-9)10-7-3-4-8-10/h9-10H,1-8,11H2. The van der Waals surface area contributed by atoms with E-state index in [2.05, 4.69) is 5.01 Å². The van der Waals surface area contributed by atoms with E-state index in [-0.39, 0.29) is 0 Å². The molecular formula is C10H20N2. The fourth-order valence-corrected chi connectivity index (χ4v) is 2.70. The molecule has 70 valence electrons. The number of hydrazine groups is 1. The summed E-state index contributed by atoms with van der Waals surface area (Å²) < 4.78 is 0. The Bertz CT molecular complexity index is 119. The second-order valence-corrected chi connectivity index (χ2v) is 4.32. The fraction of sp³-hybridized carbons (Fsp3) is 1.00. The minimum Gasteiger partial charge on any atom is -0.268 e. The molecule has 12 heavy (non-hydrogen) atoms. The number of hydrogen-bond donors (Lipinski definition) is 1. The van der Waals surface area contributed by atoms with Crippen LogP contribution in [0.25, 0.3) is 0 Å². The summed E-state index contributed by atoms with van der Waals surface area (Å²) in [4.78, 5) is 0. The Hall–Kier alpha value is -0.0800. The average molecular weight is 168 g/mol. The molecule has 0 aliphatic heterocycles.